The van der Waals surface area contributed by atoms with Crippen molar-refractivity contribution in [3.05, 3.63) is 29.8 Å². The van der Waals surface area contributed by atoms with E-state index in [9.17, 15) is 5.11 Å². The van der Waals surface area contributed by atoms with Crippen LogP contribution in [0.1, 0.15) is 50.4 Å². The number of aliphatic hydroxyl groups excluding tert-OH is 1. The predicted molar refractivity (Wildman–Crippen MR) is 114 cm³/mol. The Kier molecular flexibility index (Phi) is 5.29. The van der Waals surface area contributed by atoms with E-state index in [1.807, 2.05) is 31.3 Å². The molecule has 3 heterocycles. The van der Waals surface area contributed by atoms with Gasteiger partial charge in [-0.3, -0.25) is 0 Å². The average Bonchev–Trinajstić information content (AvgIpc) is 2.67. The van der Waals surface area contributed by atoms with E-state index in [-0.39, 0.29) is 17.6 Å². The monoisotopic (exact) mass is 397 g/mol. The van der Waals surface area contributed by atoms with Crippen LogP contribution >= 0.6 is 0 Å². The van der Waals surface area contributed by atoms with Crippen molar-refractivity contribution in [2.24, 2.45) is 5.41 Å². The summed E-state index contributed by atoms with van der Waals surface area (Å²) in [5.41, 5.74) is 2.39. The van der Waals surface area contributed by atoms with Gasteiger partial charge in [0.05, 0.1) is 17.8 Å². The number of hydrogen-bond donors (Lipinski definition) is 2. The molecule has 156 valence electrons. The molecule has 0 spiro atoms. The minimum Gasteiger partial charge on any atom is -0.393 e. The van der Waals surface area contributed by atoms with E-state index in [2.05, 4.69) is 39.0 Å². The second kappa shape index (κ2) is 7.74. The van der Waals surface area contributed by atoms with E-state index in [1.165, 1.54) is 0 Å². The minimum absolute atomic E-state index is 0.107. The van der Waals surface area contributed by atoms with Gasteiger partial charge in [0.15, 0.2) is 0 Å². The largest absolute Gasteiger partial charge is 0.393 e. The summed E-state index contributed by atoms with van der Waals surface area (Å²) in [6.45, 7) is 6.18. The molecule has 0 unspecified atom stereocenters. The Labute approximate surface area is 172 Å². The van der Waals surface area contributed by atoms with Gasteiger partial charge in [0.25, 0.3) is 0 Å². The Bertz CT molecular complexity index is 862. The van der Waals surface area contributed by atoms with Crippen LogP contribution in [0.25, 0.3) is 0 Å². The Morgan fingerprint density at radius 1 is 1.17 bits per heavy atom. The molecule has 4 rings (SSSR count). The van der Waals surface area contributed by atoms with Gasteiger partial charge in [-0.2, -0.15) is 0 Å². The molecule has 2 aromatic rings. The molecule has 29 heavy (non-hydrogen) atoms. The van der Waals surface area contributed by atoms with Gasteiger partial charge < -0.3 is 20.2 Å². The fourth-order valence-electron chi connectivity index (χ4n) is 4.23. The van der Waals surface area contributed by atoms with Crippen LogP contribution in [0, 0.1) is 5.41 Å². The van der Waals surface area contributed by atoms with Gasteiger partial charge in [0.2, 0.25) is 5.95 Å². The third-order valence-corrected chi connectivity index (χ3v) is 5.85. The van der Waals surface area contributed by atoms with E-state index in [0.29, 0.717) is 0 Å². The topological polar surface area (TPSA) is 90.3 Å². The minimum atomic E-state index is -0.198. The zero-order chi connectivity index (χ0) is 20.6. The third-order valence-electron chi connectivity index (χ3n) is 5.85. The molecule has 8 nitrogen and oxygen atoms in total. The van der Waals surface area contributed by atoms with E-state index in [4.69, 9.17) is 4.98 Å². The summed E-state index contributed by atoms with van der Waals surface area (Å²) in [6.07, 6.45) is 6.84. The van der Waals surface area contributed by atoms with Gasteiger partial charge in [-0.1, -0.05) is 13.8 Å². The summed E-state index contributed by atoms with van der Waals surface area (Å²) in [5.74, 6) is 2.46. The van der Waals surface area contributed by atoms with Crippen molar-refractivity contribution in [1.82, 2.24) is 19.9 Å². The first-order valence-electron chi connectivity index (χ1n) is 10.4. The standard InChI is InChI=1S/C21H31N7O/c1-21(2)10-16(25-18-9-19(27(3)4)24-13-23-18)15-12-22-20(26-17(15)11-21)28-7-5-14(29)6-8-28/h9,12-14,16,29H,5-8,10-11H2,1-4H3,(H,23,24,25)/t16-/m0/s1. The lowest BCUT2D eigenvalue weighted by atomic mass is 9.74. The highest BCUT2D eigenvalue weighted by Crippen LogP contribution is 2.41. The van der Waals surface area contributed by atoms with Crippen LogP contribution in [0.15, 0.2) is 18.6 Å². The fraction of sp³-hybridized carbons (Fsp3) is 0.619. The second-order valence-corrected chi connectivity index (χ2v) is 9.19. The van der Waals surface area contributed by atoms with Crippen molar-refractivity contribution in [3.63, 3.8) is 0 Å². The highest BCUT2D eigenvalue weighted by Gasteiger charge is 2.34. The van der Waals surface area contributed by atoms with Crippen LogP contribution in [-0.2, 0) is 6.42 Å². The number of aliphatic hydroxyl groups is 1. The number of anilines is 3. The molecule has 1 aliphatic heterocycles. The van der Waals surface area contributed by atoms with Crippen molar-refractivity contribution in [1.29, 1.82) is 0 Å². The maximum absolute atomic E-state index is 9.77. The second-order valence-electron chi connectivity index (χ2n) is 9.19. The summed E-state index contributed by atoms with van der Waals surface area (Å²) >= 11 is 0. The molecule has 0 saturated carbocycles. The molecule has 1 aliphatic carbocycles. The third kappa shape index (κ3) is 4.42. The molecule has 0 radical (unpaired) electrons. The maximum atomic E-state index is 9.77. The summed E-state index contributed by atoms with van der Waals surface area (Å²) in [7, 11) is 3.94. The van der Waals surface area contributed by atoms with E-state index in [1.54, 1.807) is 6.33 Å². The number of rotatable bonds is 4. The fourth-order valence-corrected chi connectivity index (χ4v) is 4.23. The van der Waals surface area contributed by atoms with Gasteiger partial charge >= 0.3 is 0 Å². The van der Waals surface area contributed by atoms with Crippen molar-refractivity contribution in [2.45, 2.75) is 51.7 Å². The first kappa shape index (κ1) is 19.8. The lowest BCUT2D eigenvalue weighted by molar-refractivity contribution is 0.145. The van der Waals surface area contributed by atoms with Gasteiger partial charge in [-0.15, -0.1) is 0 Å². The summed E-state index contributed by atoms with van der Waals surface area (Å²) < 4.78 is 0. The van der Waals surface area contributed by atoms with Gasteiger partial charge in [0.1, 0.15) is 18.0 Å². The van der Waals surface area contributed by atoms with Crippen LogP contribution in [-0.4, -0.2) is 58.3 Å². The molecule has 0 amide bonds. The molecule has 1 saturated heterocycles. The van der Waals surface area contributed by atoms with Gasteiger partial charge in [0, 0.05) is 45.0 Å². The molecule has 8 heteroatoms. The quantitative estimate of drug-likeness (QED) is 0.813. The van der Waals surface area contributed by atoms with Crippen molar-refractivity contribution in [2.75, 3.05) is 42.3 Å². The van der Waals surface area contributed by atoms with Gasteiger partial charge in [-0.25, -0.2) is 19.9 Å². The van der Waals surface area contributed by atoms with Crippen LogP contribution in [0.4, 0.5) is 17.6 Å². The van der Waals surface area contributed by atoms with Crippen molar-refractivity contribution < 1.29 is 5.11 Å². The Hall–Kier alpha value is -2.48. The average molecular weight is 398 g/mol. The first-order valence-corrected chi connectivity index (χ1v) is 10.4. The molecule has 2 aliphatic rings. The molecular formula is C21H31N7O. The maximum Gasteiger partial charge on any atom is 0.225 e. The molecule has 0 bridgehead atoms. The lowest BCUT2D eigenvalue weighted by Crippen LogP contribution is -2.38. The molecule has 2 aromatic heterocycles. The number of piperidine rings is 1. The summed E-state index contributed by atoms with van der Waals surface area (Å²) in [4.78, 5) is 22.5. The molecule has 1 atom stereocenters. The van der Waals surface area contributed by atoms with Crippen LogP contribution in [0.2, 0.25) is 0 Å². The van der Waals surface area contributed by atoms with E-state index in [0.717, 1.165) is 67.6 Å². The zero-order valence-corrected chi connectivity index (χ0v) is 17.8. The normalized spacial score (nSPS) is 21.6. The predicted octanol–water partition coefficient (Wildman–Crippen LogP) is 2.42. The summed E-state index contributed by atoms with van der Waals surface area (Å²) in [6, 6.07) is 2.08. The van der Waals surface area contributed by atoms with Crippen LogP contribution in [0.3, 0.4) is 0 Å². The van der Waals surface area contributed by atoms with Gasteiger partial charge in [-0.05, 0) is 31.1 Å². The molecule has 1 fully saturated rings. The number of aromatic nitrogens is 4. The highest BCUT2D eigenvalue weighted by atomic mass is 16.3. The van der Waals surface area contributed by atoms with Crippen molar-refractivity contribution >= 4 is 17.6 Å². The number of nitrogens with zero attached hydrogens (tertiary/aromatic N) is 6. The SMILES string of the molecule is CN(C)c1cc(N[C@H]2CC(C)(C)Cc3nc(N4CCC(O)CC4)ncc32)ncn1. The Balaban J connectivity index is 1.60. The zero-order valence-electron chi connectivity index (χ0n) is 17.8. The number of nitrogens with one attached hydrogen (secondary N) is 1. The van der Waals surface area contributed by atoms with E-state index >= 15 is 0 Å². The smallest absolute Gasteiger partial charge is 0.225 e. The molecule has 0 aromatic carbocycles. The highest BCUT2D eigenvalue weighted by molar-refractivity contribution is 5.49. The van der Waals surface area contributed by atoms with Crippen molar-refractivity contribution in [3.8, 4) is 0 Å². The van der Waals surface area contributed by atoms with Crippen LogP contribution in [0.5, 0.6) is 0 Å². The lowest BCUT2D eigenvalue weighted by Gasteiger charge is -2.37. The Morgan fingerprint density at radius 3 is 2.66 bits per heavy atom. The summed E-state index contributed by atoms with van der Waals surface area (Å²) in [5, 5.41) is 13.4. The number of fused-ring (bicyclic) bond motifs is 1. The van der Waals surface area contributed by atoms with Crippen LogP contribution < -0.4 is 15.1 Å². The number of hydrogen-bond acceptors (Lipinski definition) is 8. The molecular weight excluding hydrogens is 366 g/mol. The first-order chi connectivity index (χ1) is 13.8. The molecule has 2 N–H and O–H groups in total. The Morgan fingerprint density at radius 2 is 1.93 bits per heavy atom. The van der Waals surface area contributed by atoms with E-state index < -0.39 is 0 Å².